The number of para-hydroxylation sites is 2. The van der Waals surface area contributed by atoms with E-state index in [-0.39, 0.29) is 105 Å². The van der Waals surface area contributed by atoms with Gasteiger partial charge in [-0.05, 0) is 123 Å². The number of nitrogens with zero attached hydrogens (tertiary/aromatic N) is 6. The summed E-state index contributed by atoms with van der Waals surface area (Å²) >= 11 is 10.8. The van der Waals surface area contributed by atoms with Crippen molar-refractivity contribution in [3.63, 3.8) is 0 Å². The number of ketones is 4. The molecule has 2 N–H and O–H groups in total. The van der Waals surface area contributed by atoms with Crippen molar-refractivity contribution in [1.29, 1.82) is 0 Å². The molecule has 498 valence electrons. The second kappa shape index (κ2) is 30.9. The van der Waals surface area contributed by atoms with Crippen LogP contribution in [0.15, 0.2) is 126 Å². The Hall–Kier alpha value is -7.23. The predicted molar refractivity (Wildman–Crippen MR) is 371 cm³/mol. The van der Waals surface area contributed by atoms with Gasteiger partial charge < -0.3 is 29.7 Å². The van der Waals surface area contributed by atoms with Crippen LogP contribution in [-0.4, -0.2) is 133 Å². The predicted octanol–water partition coefficient (Wildman–Crippen LogP) is 10.1. The molecule has 0 aliphatic carbocycles. The Morgan fingerprint density at radius 1 is 0.600 bits per heavy atom. The number of fused-ring (bicyclic) bond motifs is 4. The van der Waals surface area contributed by atoms with Crippen molar-refractivity contribution in [2.75, 3.05) is 26.2 Å². The minimum Gasteiger partial charge on any atom is -0.399 e. The molecule has 13 rings (SSSR count). The van der Waals surface area contributed by atoms with Gasteiger partial charge in [0.2, 0.25) is 11.8 Å². The van der Waals surface area contributed by atoms with Crippen LogP contribution in [0.3, 0.4) is 0 Å². The third-order valence-corrected chi connectivity index (χ3v) is 18.8. The molecule has 3 fully saturated rings. The van der Waals surface area contributed by atoms with E-state index in [9.17, 15) is 37.5 Å². The first-order chi connectivity index (χ1) is 44.9. The fraction of sp³-hybridized carbons (Fsp3) is 0.371. The lowest BCUT2D eigenvalue weighted by Crippen LogP contribution is -2.43. The summed E-state index contributed by atoms with van der Waals surface area (Å²) in [5.74, 6) is -3.46. The Balaban J connectivity index is 0.000000186. The lowest BCUT2D eigenvalue weighted by atomic mass is 9.77. The topological polar surface area (TPSA) is 187 Å². The second-order valence-electron chi connectivity index (χ2n) is 25.2. The molecule has 6 aromatic carbocycles. The van der Waals surface area contributed by atoms with Crippen LogP contribution < -0.4 is 16.1 Å². The van der Waals surface area contributed by atoms with Gasteiger partial charge in [0.05, 0.1) is 47.4 Å². The fourth-order valence-electron chi connectivity index (χ4n) is 12.7. The number of aromatic nitrogens is 4. The van der Waals surface area contributed by atoms with Crippen molar-refractivity contribution in [2.45, 2.75) is 142 Å². The van der Waals surface area contributed by atoms with Crippen molar-refractivity contribution < 1.29 is 55.6 Å². The molecule has 5 aliphatic heterocycles. The number of hydrogen-bond donors (Lipinski definition) is 2. The van der Waals surface area contributed by atoms with E-state index in [2.05, 4.69) is 77.3 Å². The number of amides is 2. The van der Waals surface area contributed by atoms with E-state index < -0.39 is 77.8 Å². The quantitative estimate of drug-likeness (QED) is 0.0595. The summed E-state index contributed by atoms with van der Waals surface area (Å²) in [5.41, 5.74) is 7.28. The Morgan fingerprint density at radius 3 is 1.55 bits per heavy atom. The zero-order valence-electron chi connectivity index (χ0n) is 53.5. The number of hydrogen-bond acceptors (Lipinski definition) is 14. The number of Topliss-reactive ketones (excluding diaryl/α,β-unsaturated/α-hetero) is 4. The van der Waals surface area contributed by atoms with Crippen LogP contribution in [0, 0.1) is 11.6 Å². The monoisotopic (exact) mass is 1420 g/mol. The molecule has 95 heavy (non-hydrogen) atoms. The molecule has 2 aromatic heterocycles. The van der Waals surface area contributed by atoms with Crippen LogP contribution in [-0.2, 0) is 103 Å². The SMILES string of the molecule is Brc1ccc2c(c1)CNCC2.CC(=O)c1nn(CC(=O)N2C[C@H](F)C[C@H]2C(=O)Cc2cccc(-c3ccc4c(c3)CNCC4)c2F)c2ccccc12.CC(=O)c1nn(CC(=O)N2C[C@H](F)C[C@H]2C(=O)Cc2cccc(B3OC(C)(C)C(C)(C)O3)c2F)c2ccccc12.S.S=S. The maximum absolute atomic E-state index is 15.7. The van der Waals surface area contributed by atoms with Gasteiger partial charge in [-0.3, -0.25) is 38.1 Å². The number of rotatable bonds is 14. The third-order valence-electron chi connectivity index (χ3n) is 18.3. The van der Waals surface area contributed by atoms with Crippen LogP contribution in [0.25, 0.3) is 32.9 Å². The largest absolute Gasteiger partial charge is 0.497 e. The summed E-state index contributed by atoms with van der Waals surface area (Å²) in [6.45, 7) is 13.1. The highest BCUT2D eigenvalue weighted by Gasteiger charge is 2.53. The number of nitrogens with one attached hydrogen (secondary N) is 2. The lowest BCUT2D eigenvalue weighted by molar-refractivity contribution is -0.138. The van der Waals surface area contributed by atoms with Gasteiger partial charge in [-0.2, -0.15) is 23.7 Å². The smallest absolute Gasteiger partial charge is 0.399 e. The molecule has 4 atom stereocenters. The zero-order valence-corrected chi connectivity index (χ0v) is 57.7. The van der Waals surface area contributed by atoms with E-state index in [4.69, 9.17) is 9.31 Å². The molecule has 0 spiro atoms. The maximum Gasteiger partial charge on any atom is 0.497 e. The average molecular weight is 1420 g/mol. The highest BCUT2D eigenvalue weighted by Crippen LogP contribution is 2.37. The minimum absolute atomic E-state index is 0. The van der Waals surface area contributed by atoms with Gasteiger partial charge in [0, 0.05) is 101 Å². The molecule has 0 bridgehead atoms. The van der Waals surface area contributed by atoms with Gasteiger partial charge in [0.1, 0.15) is 48.5 Å². The van der Waals surface area contributed by atoms with Crippen molar-refractivity contribution in [1.82, 2.24) is 40.0 Å². The standard InChI is InChI=1S/C32H30F2N4O3.C29H32BF2N3O5.C9H10BrN.S2.H2S/c1-19(39)32-26-6-2-3-8-27(26)38(36-32)18-30(41)37-17-24(33)15-28(37)29(40)14-22-5-4-7-25(31(22)34)21-10-9-20-11-12-35-16-23(20)13-21;1-17(36)27-20-10-6-7-12-22(20)35(33-27)16-25(38)34-15-19(31)14-23(34)24(37)13-18-9-8-11-21(26(18)32)30-39-28(2,3)29(4,5)40-30;10-9-2-1-7-3-4-11-6-8(7)5-9;1-2;/h2-10,13,24,28,35H,11-12,14-18H2,1H3;6-12,19,23H,13-16H2,1-5H3;1-2,5,11H,3-4,6H2;;1H2/t24-,28+;19-,23+;;;/m11.../s1. The highest BCUT2D eigenvalue weighted by molar-refractivity contribution is 9.10. The molecule has 16 nitrogen and oxygen atoms in total. The molecule has 8 aromatic rings. The van der Waals surface area contributed by atoms with E-state index in [1.54, 1.807) is 78.9 Å². The van der Waals surface area contributed by atoms with Gasteiger partial charge in [-0.15, -0.1) is 0 Å². The van der Waals surface area contributed by atoms with Crippen LogP contribution in [0.1, 0.15) is 109 Å². The summed E-state index contributed by atoms with van der Waals surface area (Å²) in [7, 11) is -0.941. The first kappa shape index (κ1) is 72.1. The molecular weight excluding hydrogens is 1340 g/mol. The summed E-state index contributed by atoms with van der Waals surface area (Å²) in [5, 5.41) is 16.5. The molecule has 3 saturated heterocycles. The summed E-state index contributed by atoms with van der Waals surface area (Å²) in [6, 6.07) is 34.1. The highest BCUT2D eigenvalue weighted by atomic mass is 79.9. The zero-order chi connectivity index (χ0) is 67.3. The fourth-order valence-corrected chi connectivity index (χ4v) is 13.1. The first-order valence-electron chi connectivity index (χ1n) is 31.2. The average Bonchev–Trinajstić information content (AvgIpc) is 1.68. The van der Waals surface area contributed by atoms with E-state index in [0.29, 0.717) is 27.4 Å². The Kier molecular flexibility index (Phi) is 23.4. The second-order valence-corrected chi connectivity index (χ2v) is 26.1. The Morgan fingerprint density at radius 2 is 1.05 bits per heavy atom. The molecular formula is C70H74BBrF4N8O8S3. The summed E-state index contributed by atoms with van der Waals surface area (Å²) in [6.07, 6.45) is -1.54. The van der Waals surface area contributed by atoms with E-state index in [0.717, 1.165) is 43.7 Å². The molecule has 0 unspecified atom stereocenters. The first-order valence-corrected chi connectivity index (χ1v) is 33.3. The number of carbonyl (C=O) groups excluding carboxylic acids is 6. The van der Waals surface area contributed by atoms with Crippen molar-refractivity contribution in [3.8, 4) is 11.1 Å². The van der Waals surface area contributed by atoms with Crippen LogP contribution in [0.2, 0.25) is 0 Å². The van der Waals surface area contributed by atoms with Crippen LogP contribution in [0.4, 0.5) is 17.6 Å². The Labute approximate surface area is 574 Å². The van der Waals surface area contributed by atoms with Crippen LogP contribution >= 0.6 is 29.4 Å². The Bertz CT molecular complexity index is 4220. The van der Waals surface area contributed by atoms with E-state index >= 15 is 8.78 Å². The maximum atomic E-state index is 15.7. The van der Waals surface area contributed by atoms with Crippen LogP contribution in [0.5, 0.6) is 0 Å². The summed E-state index contributed by atoms with van der Waals surface area (Å²) in [4.78, 5) is 80.0. The molecule has 25 heteroatoms. The molecule has 0 radical (unpaired) electrons. The van der Waals surface area contributed by atoms with Crippen molar-refractivity contribution in [2.24, 2.45) is 0 Å². The minimum atomic E-state index is -1.39. The normalized spacial score (nSPS) is 19.0. The van der Waals surface area contributed by atoms with E-state index in [1.165, 1.54) is 66.7 Å². The van der Waals surface area contributed by atoms with Gasteiger partial charge >= 0.3 is 7.12 Å². The van der Waals surface area contributed by atoms with Crippen molar-refractivity contribution >= 4 is 121 Å². The summed E-state index contributed by atoms with van der Waals surface area (Å²) < 4.78 is 76.4. The molecule has 5 aliphatic rings. The number of halogens is 5. The van der Waals surface area contributed by atoms with Gasteiger partial charge in [0.15, 0.2) is 23.1 Å². The molecule has 2 amide bonds. The van der Waals surface area contributed by atoms with Gasteiger partial charge in [-0.25, -0.2) is 17.6 Å². The number of carbonyl (C=O) groups is 6. The number of likely N-dealkylation sites (tertiary alicyclic amines) is 2. The third kappa shape index (κ3) is 15.9. The van der Waals surface area contributed by atoms with E-state index in [1.807, 2.05) is 45.9 Å². The van der Waals surface area contributed by atoms with Gasteiger partial charge in [0.25, 0.3) is 0 Å². The lowest BCUT2D eigenvalue weighted by Gasteiger charge is -2.32. The number of benzene rings is 6. The number of alkyl halides is 2. The molecule has 7 heterocycles. The van der Waals surface area contributed by atoms with Gasteiger partial charge in [-0.1, -0.05) is 107 Å². The molecule has 0 saturated carbocycles. The van der Waals surface area contributed by atoms with Crippen molar-refractivity contribution in [3.05, 3.63) is 182 Å².